The SMILES string of the molecule is Cn1ccc(-c2ccc(OC[C@H](O)CCc3cccnc3)cc2)cc1=O. The first-order valence-corrected chi connectivity index (χ1v) is 8.59. The van der Waals surface area contributed by atoms with Crippen LogP contribution in [0.2, 0.25) is 0 Å². The van der Waals surface area contributed by atoms with Gasteiger partial charge in [-0.15, -0.1) is 0 Å². The van der Waals surface area contributed by atoms with Crippen molar-refractivity contribution in [3.8, 4) is 16.9 Å². The first-order chi connectivity index (χ1) is 12.6. The van der Waals surface area contributed by atoms with E-state index in [9.17, 15) is 9.90 Å². The monoisotopic (exact) mass is 350 g/mol. The number of hydrogen-bond acceptors (Lipinski definition) is 4. The summed E-state index contributed by atoms with van der Waals surface area (Å²) in [4.78, 5) is 15.8. The standard InChI is InChI=1S/C21H22N2O3/c1-23-12-10-18(13-21(23)25)17-5-8-20(9-6-17)26-15-19(24)7-4-16-3-2-11-22-14-16/h2-3,5-6,8-14,19,24H,4,7,15H2,1H3/t19-/m1/s1. The largest absolute Gasteiger partial charge is 0.491 e. The molecule has 0 aliphatic carbocycles. The predicted octanol–water partition coefficient (Wildman–Crippen LogP) is 2.82. The Morgan fingerprint density at radius 3 is 2.65 bits per heavy atom. The lowest BCUT2D eigenvalue weighted by Gasteiger charge is -2.13. The zero-order chi connectivity index (χ0) is 18.4. The number of aliphatic hydroxyl groups is 1. The van der Waals surface area contributed by atoms with E-state index in [2.05, 4.69) is 4.98 Å². The number of hydrogen-bond donors (Lipinski definition) is 1. The summed E-state index contributed by atoms with van der Waals surface area (Å²) in [5, 5.41) is 10.1. The highest BCUT2D eigenvalue weighted by Crippen LogP contribution is 2.21. The minimum atomic E-state index is -0.535. The average Bonchev–Trinajstić information content (AvgIpc) is 2.68. The lowest BCUT2D eigenvalue weighted by atomic mass is 10.1. The molecular formula is C21H22N2O3. The van der Waals surface area contributed by atoms with Crippen molar-refractivity contribution in [3.63, 3.8) is 0 Å². The molecule has 134 valence electrons. The van der Waals surface area contributed by atoms with E-state index in [0.717, 1.165) is 23.1 Å². The van der Waals surface area contributed by atoms with Crippen molar-refractivity contribution < 1.29 is 9.84 Å². The summed E-state index contributed by atoms with van der Waals surface area (Å²) >= 11 is 0. The predicted molar refractivity (Wildman–Crippen MR) is 101 cm³/mol. The van der Waals surface area contributed by atoms with Crippen LogP contribution in [0.5, 0.6) is 5.75 Å². The third-order valence-electron chi connectivity index (χ3n) is 4.22. The summed E-state index contributed by atoms with van der Waals surface area (Å²) in [7, 11) is 1.72. The number of aliphatic hydroxyl groups excluding tert-OH is 1. The van der Waals surface area contributed by atoms with Crippen molar-refractivity contribution in [1.29, 1.82) is 0 Å². The van der Waals surface area contributed by atoms with Gasteiger partial charge in [0.1, 0.15) is 12.4 Å². The van der Waals surface area contributed by atoms with Gasteiger partial charge in [0.2, 0.25) is 0 Å². The maximum atomic E-state index is 11.7. The second-order valence-electron chi connectivity index (χ2n) is 6.25. The molecule has 2 aromatic heterocycles. The van der Waals surface area contributed by atoms with Gasteiger partial charge in [0.25, 0.3) is 5.56 Å². The van der Waals surface area contributed by atoms with Gasteiger partial charge in [-0.25, -0.2) is 0 Å². The highest BCUT2D eigenvalue weighted by atomic mass is 16.5. The molecule has 26 heavy (non-hydrogen) atoms. The molecule has 0 saturated carbocycles. The van der Waals surface area contributed by atoms with Gasteiger partial charge in [-0.05, 0) is 53.8 Å². The average molecular weight is 350 g/mol. The number of nitrogens with zero attached hydrogens (tertiary/aromatic N) is 2. The van der Waals surface area contributed by atoms with Gasteiger partial charge in [0, 0.05) is 31.7 Å². The fourth-order valence-electron chi connectivity index (χ4n) is 2.63. The minimum Gasteiger partial charge on any atom is -0.491 e. The number of pyridine rings is 2. The van der Waals surface area contributed by atoms with Gasteiger partial charge >= 0.3 is 0 Å². The highest BCUT2D eigenvalue weighted by molar-refractivity contribution is 5.63. The Hall–Kier alpha value is -2.92. The number of aryl methyl sites for hydroxylation is 2. The normalized spacial score (nSPS) is 11.9. The van der Waals surface area contributed by atoms with Crippen LogP contribution in [0.3, 0.4) is 0 Å². The first kappa shape index (κ1) is 17.9. The Morgan fingerprint density at radius 1 is 1.15 bits per heavy atom. The molecule has 1 atom stereocenters. The van der Waals surface area contributed by atoms with Crippen LogP contribution >= 0.6 is 0 Å². The molecule has 0 spiro atoms. The van der Waals surface area contributed by atoms with E-state index < -0.39 is 6.10 Å². The fraction of sp³-hybridized carbons (Fsp3) is 0.238. The zero-order valence-corrected chi connectivity index (χ0v) is 14.7. The molecule has 5 nitrogen and oxygen atoms in total. The van der Waals surface area contributed by atoms with Crippen molar-refractivity contribution in [2.45, 2.75) is 18.9 Å². The van der Waals surface area contributed by atoms with Crippen LogP contribution in [-0.2, 0) is 13.5 Å². The third-order valence-corrected chi connectivity index (χ3v) is 4.22. The smallest absolute Gasteiger partial charge is 0.250 e. The lowest BCUT2D eigenvalue weighted by molar-refractivity contribution is 0.100. The van der Waals surface area contributed by atoms with Gasteiger partial charge in [-0.1, -0.05) is 18.2 Å². The first-order valence-electron chi connectivity index (χ1n) is 8.59. The van der Waals surface area contributed by atoms with Crippen molar-refractivity contribution in [1.82, 2.24) is 9.55 Å². The molecule has 0 aliphatic rings. The van der Waals surface area contributed by atoms with Crippen molar-refractivity contribution in [2.75, 3.05) is 6.61 Å². The molecule has 2 heterocycles. The molecular weight excluding hydrogens is 328 g/mol. The van der Waals surface area contributed by atoms with Crippen LogP contribution < -0.4 is 10.3 Å². The van der Waals surface area contributed by atoms with E-state index in [0.29, 0.717) is 12.2 Å². The summed E-state index contributed by atoms with van der Waals surface area (Å²) < 4.78 is 7.19. The van der Waals surface area contributed by atoms with E-state index >= 15 is 0 Å². The summed E-state index contributed by atoms with van der Waals surface area (Å²) in [5.74, 6) is 0.693. The molecule has 0 saturated heterocycles. The van der Waals surface area contributed by atoms with E-state index in [1.54, 1.807) is 25.5 Å². The number of aromatic nitrogens is 2. The Labute approximate surface area is 152 Å². The molecule has 0 unspecified atom stereocenters. The third kappa shape index (κ3) is 4.80. The van der Waals surface area contributed by atoms with Gasteiger partial charge in [-0.2, -0.15) is 0 Å². The zero-order valence-electron chi connectivity index (χ0n) is 14.7. The van der Waals surface area contributed by atoms with Gasteiger partial charge in [0.15, 0.2) is 0 Å². The quantitative estimate of drug-likeness (QED) is 0.712. The van der Waals surface area contributed by atoms with Gasteiger partial charge < -0.3 is 14.4 Å². The molecule has 3 aromatic rings. The van der Waals surface area contributed by atoms with E-state index in [1.165, 1.54) is 4.57 Å². The second kappa shape index (κ2) is 8.45. The van der Waals surface area contributed by atoms with Crippen LogP contribution in [-0.4, -0.2) is 27.4 Å². The second-order valence-corrected chi connectivity index (χ2v) is 6.25. The van der Waals surface area contributed by atoms with Crippen molar-refractivity contribution in [3.05, 3.63) is 83.0 Å². The van der Waals surface area contributed by atoms with Crippen LogP contribution in [0.1, 0.15) is 12.0 Å². The van der Waals surface area contributed by atoms with E-state index in [1.807, 2.05) is 48.7 Å². The maximum Gasteiger partial charge on any atom is 0.250 e. The summed E-state index contributed by atoms with van der Waals surface area (Å²) in [6.45, 7) is 0.242. The molecule has 5 heteroatoms. The molecule has 0 aliphatic heterocycles. The summed E-state index contributed by atoms with van der Waals surface area (Å²) in [6, 6.07) is 14.9. The van der Waals surface area contributed by atoms with Crippen LogP contribution in [0.25, 0.3) is 11.1 Å². The Balaban J connectivity index is 1.52. The Morgan fingerprint density at radius 2 is 1.96 bits per heavy atom. The highest BCUT2D eigenvalue weighted by Gasteiger charge is 2.07. The lowest BCUT2D eigenvalue weighted by Crippen LogP contribution is -2.18. The molecule has 0 bridgehead atoms. The fourth-order valence-corrected chi connectivity index (χ4v) is 2.63. The van der Waals surface area contributed by atoms with Crippen LogP contribution in [0.15, 0.2) is 71.9 Å². The van der Waals surface area contributed by atoms with Crippen LogP contribution in [0.4, 0.5) is 0 Å². The minimum absolute atomic E-state index is 0.0421. The molecule has 0 amide bonds. The Bertz CT molecular complexity index is 889. The molecule has 0 radical (unpaired) electrons. The summed E-state index contributed by atoms with van der Waals surface area (Å²) in [5.41, 5.74) is 2.88. The topological polar surface area (TPSA) is 64.3 Å². The Kier molecular flexibility index (Phi) is 5.81. The number of ether oxygens (including phenoxy) is 1. The number of rotatable bonds is 7. The molecule has 3 rings (SSSR count). The van der Waals surface area contributed by atoms with Crippen LogP contribution in [0, 0.1) is 0 Å². The van der Waals surface area contributed by atoms with Gasteiger partial charge in [0.05, 0.1) is 6.10 Å². The van der Waals surface area contributed by atoms with Gasteiger partial charge in [-0.3, -0.25) is 9.78 Å². The maximum absolute atomic E-state index is 11.7. The van der Waals surface area contributed by atoms with E-state index in [4.69, 9.17) is 4.74 Å². The summed E-state index contributed by atoms with van der Waals surface area (Å²) in [6.07, 6.45) is 6.15. The molecule has 0 fully saturated rings. The molecule has 1 aromatic carbocycles. The molecule has 1 N–H and O–H groups in total. The van der Waals surface area contributed by atoms with Crippen molar-refractivity contribution in [2.24, 2.45) is 7.05 Å². The van der Waals surface area contributed by atoms with E-state index in [-0.39, 0.29) is 12.2 Å². The van der Waals surface area contributed by atoms with Crippen molar-refractivity contribution >= 4 is 0 Å². The number of benzene rings is 1.